The summed E-state index contributed by atoms with van der Waals surface area (Å²) in [7, 11) is 0. The summed E-state index contributed by atoms with van der Waals surface area (Å²) in [6.07, 6.45) is 3.42. The molecule has 0 aromatic heterocycles. The van der Waals surface area contributed by atoms with Crippen LogP contribution in [0.25, 0.3) is 0 Å². The molecule has 4 rings (SSSR count). The van der Waals surface area contributed by atoms with Gasteiger partial charge < -0.3 is 10.6 Å². The van der Waals surface area contributed by atoms with E-state index >= 15 is 0 Å². The third-order valence-corrected chi connectivity index (χ3v) is 6.51. The topological polar surface area (TPSA) is 116 Å². The summed E-state index contributed by atoms with van der Waals surface area (Å²) in [5.74, 6) is -2.91. The fourth-order valence-electron chi connectivity index (χ4n) is 4.68. The lowest BCUT2D eigenvalue weighted by atomic mass is 9.85. The molecule has 0 radical (unpaired) electrons. The summed E-state index contributed by atoms with van der Waals surface area (Å²) in [6, 6.07) is 12.6. The van der Waals surface area contributed by atoms with Crippen molar-refractivity contribution >= 4 is 41.0 Å². The van der Waals surface area contributed by atoms with Gasteiger partial charge in [0.15, 0.2) is 0 Å². The number of nitrogens with zero attached hydrogens (tertiary/aromatic N) is 2. The molecule has 2 aliphatic rings. The summed E-state index contributed by atoms with van der Waals surface area (Å²) in [6.45, 7) is 3.25. The minimum atomic E-state index is -1.01. The van der Waals surface area contributed by atoms with E-state index in [2.05, 4.69) is 10.6 Å². The van der Waals surface area contributed by atoms with Crippen LogP contribution in [0.1, 0.15) is 48.5 Å². The van der Waals surface area contributed by atoms with Crippen LogP contribution in [0.4, 0.5) is 16.2 Å². The summed E-state index contributed by atoms with van der Waals surface area (Å²) < 4.78 is 0. The van der Waals surface area contributed by atoms with Gasteiger partial charge in [0.1, 0.15) is 6.54 Å². The van der Waals surface area contributed by atoms with Gasteiger partial charge >= 0.3 is 17.8 Å². The Bertz CT molecular complexity index is 1190. The van der Waals surface area contributed by atoms with Crippen molar-refractivity contribution in [2.24, 2.45) is 5.92 Å². The smallest absolute Gasteiger partial charge is 0.324 e. The molecule has 1 saturated heterocycles. The van der Waals surface area contributed by atoms with E-state index in [0.29, 0.717) is 17.0 Å². The zero-order valence-corrected chi connectivity index (χ0v) is 19.7. The minimum Gasteiger partial charge on any atom is -0.324 e. The van der Waals surface area contributed by atoms with E-state index < -0.39 is 36.2 Å². The molecule has 6 amide bonds. The zero-order chi connectivity index (χ0) is 25.1. The molecular formula is C26H28N4O5. The maximum Gasteiger partial charge on any atom is 0.334 e. The molecule has 9 heteroatoms. The Morgan fingerprint density at radius 2 is 1.69 bits per heavy atom. The van der Waals surface area contributed by atoms with E-state index in [9.17, 15) is 24.0 Å². The van der Waals surface area contributed by atoms with Gasteiger partial charge in [-0.15, -0.1) is 0 Å². The first kappa shape index (κ1) is 24.1. The van der Waals surface area contributed by atoms with E-state index in [1.165, 1.54) is 0 Å². The second-order valence-corrected chi connectivity index (χ2v) is 9.10. The lowest BCUT2D eigenvalue weighted by Crippen LogP contribution is -2.46. The van der Waals surface area contributed by atoms with Gasteiger partial charge in [0.05, 0.1) is 11.3 Å². The minimum absolute atomic E-state index is 0.0945. The molecule has 0 unspecified atom stereocenters. The third-order valence-electron chi connectivity index (χ3n) is 6.51. The van der Waals surface area contributed by atoms with Crippen LogP contribution in [-0.4, -0.2) is 52.0 Å². The highest BCUT2D eigenvalue weighted by molar-refractivity contribution is 6.45. The number of anilines is 2. The van der Waals surface area contributed by atoms with Gasteiger partial charge in [0, 0.05) is 11.7 Å². The average molecular weight is 477 g/mol. The monoisotopic (exact) mass is 476 g/mol. The second-order valence-electron chi connectivity index (χ2n) is 9.10. The number of imide groups is 2. The summed E-state index contributed by atoms with van der Waals surface area (Å²) >= 11 is 0. The molecule has 1 aliphatic carbocycles. The number of para-hydroxylation sites is 1. The summed E-state index contributed by atoms with van der Waals surface area (Å²) in [5.41, 5.74) is 2.04. The van der Waals surface area contributed by atoms with E-state index in [1.807, 2.05) is 32.0 Å². The SMILES string of the molecule is Cc1cccc(NC(=O)c2ccccc2NC(=O)CN2C(=O)C(=O)N([C@@H]3CCCC[C@@H]3C)C2=O)c1. The molecule has 35 heavy (non-hydrogen) atoms. The predicted molar refractivity (Wildman–Crippen MR) is 130 cm³/mol. The van der Waals surface area contributed by atoms with Crippen LogP contribution in [-0.2, 0) is 14.4 Å². The Morgan fingerprint density at radius 3 is 2.43 bits per heavy atom. The molecule has 2 aromatic rings. The van der Waals surface area contributed by atoms with Crippen LogP contribution in [0.15, 0.2) is 48.5 Å². The largest absolute Gasteiger partial charge is 0.334 e. The Labute approximate surface area is 203 Å². The number of nitrogens with one attached hydrogen (secondary N) is 2. The number of urea groups is 1. The van der Waals surface area contributed by atoms with Gasteiger partial charge in [-0.3, -0.25) is 24.1 Å². The summed E-state index contributed by atoms with van der Waals surface area (Å²) in [4.78, 5) is 65.4. The lowest BCUT2D eigenvalue weighted by Gasteiger charge is -2.34. The molecule has 0 spiro atoms. The normalized spacial score (nSPS) is 20.2. The molecule has 2 aromatic carbocycles. The van der Waals surface area contributed by atoms with Crippen LogP contribution >= 0.6 is 0 Å². The molecule has 2 atom stereocenters. The number of rotatable bonds is 6. The standard InChI is InChI=1S/C26H28N4O5/c1-16-8-7-10-18(14-16)27-23(32)19-11-4-5-12-20(19)28-22(31)15-29-24(33)25(34)30(26(29)35)21-13-6-3-9-17(21)2/h4-5,7-8,10-12,14,17,21H,3,6,9,13,15H2,1-2H3,(H,27,32)(H,28,31)/t17-,21+/m0/s1. The van der Waals surface area contributed by atoms with Gasteiger partial charge in [-0.05, 0) is 55.5 Å². The van der Waals surface area contributed by atoms with E-state index in [1.54, 1.807) is 30.3 Å². The molecule has 0 bridgehead atoms. The molecule has 2 N–H and O–H groups in total. The van der Waals surface area contributed by atoms with Crippen LogP contribution < -0.4 is 10.6 Å². The van der Waals surface area contributed by atoms with Crippen molar-refractivity contribution in [3.63, 3.8) is 0 Å². The maximum absolute atomic E-state index is 12.9. The van der Waals surface area contributed by atoms with E-state index in [4.69, 9.17) is 0 Å². The lowest BCUT2D eigenvalue weighted by molar-refractivity contribution is -0.145. The fourth-order valence-corrected chi connectivity index (χ4v) is 4.68. The van der Waals surface area contributed by atoms with Crippen LogP contribution in [0, 0.1) is 12.8 Å². The average Bonchev–Trinajstić information content (AvgIpc) is 3.03. The number of amides is 6. The molecule has 1 heterocycles. The molecular weight excluding hydrogens is 448 g/mol. The highest BCUT2D eigenvalue weighted by Gasteiger charge is 2.49. The van der Waals surface area contributed by atoms with Gasteiger partial charge in [-0.2, -0.15) is 0 Å². The molecule has 182 valence electrons. The van der Waals surface area contributed by atoms with Gasteiger partial charge in [-0.1, -0.05) is 44.0 Å². The zero-order valence-electron chi connectivity index (χ0n) is 19.7. The number of aryl methyl sites for hydroxylation is 1. The number of carbonyl (C=O) groups is 5. The van der Waals surface area contributed by atoms with E-state index in [0.717, 1.165) is 29.7 Å². The number of hydrogen-bond donors (Lipinski definition) is 2. The van der Waals surface area contributed by atoms with Crippen molar-refractivity contribution < 1.29 is 24.0 Å². The fraction of sp³-hybridized carbons (Fsp3) is 0.346. The predicted octanol–water partition coefficient (Wildman–Crippen LogP) is 3.56. The van der Waals surface area contributed by atoms with Crippen molar-refractivity contribution in [2.75, 3.05) is 17.2 Å². The summed E-state index contributed by atoms with van der Waals surface area (Å²) in [5, 5.41) is 5.39. The second kappa shape index (κ2) is 10.1. The Hall–Kier alpha value is -4.01. The number of carbonyl (C=O) groups excluding carboxylic acids is 5. The van der Waals surface area contributed by atoms with Gasteiger partial charge in [0.25, 0.3) is 5.91 Å². The highest BCUT2D eigenvalue weighted by atomic mass is 16.2. The Kier molecular flexibility index (Phi) is 6.95. The molecule has 2 fully saturated rings. The van der Waals surface area contributed by atoms with Crippen molar-refractivity contribution in [3.05, 3.63) is 59.7 Å². The highest BCUT2D eigenvalue weighted by Crippen LogP contribution is 2.31. The third kappa shape index (κ3) is 5.08. The Balaban J connectivity index is 1.45. The van der Waals surface area contributed by atoms with Gasteiger partial charge in [-0.25, -0.2) is 9.69 Å². The van der Waals surface area contributed by atoms with Crippen LogP contribution in [0.2, 0.25) is 0 Å². The molecule has 1 aliphatic heterocycles. The number of benzene rings is 2. The van der Waals surface area contributed by atoms with Crippen LogP contribution in [0.5, 0.6) is 0 Å². The quantitative estimate of drug-likeness (QED) is 0.489. The van der Waals surface area contributed by atoms with Crippen molar-refractivity contribution in [1.29, 1.82) is 0 Å². The molecule has 1 saturated carbocycles. The maximum atomic E-state index is 12.9. The van der Waals surface area contributed by atoms with E-state index in [-0.39, 0.29) is 23.2 Å². The first-order valence-corrected chi connectivity index (χ1v) is 11.7. The first-order valence-electron chi connectivity index (χ1n) is 11.7. The van der Waals surface area contributed by atoms with Crippen molar-refractivity contribution in [1.82, 2.24) is 9.80 Å². The Morgan fingerprint density at radius 1 is 0.943 bits per heavy atom. The van der Waals surface area contributed by atoms with Crippen molar-refractivity contribution in [3.8, 4) is 0 Å². The van der Waals surface area contributed by atoms with Crippen LogP contribution in [0.3, 0.4) is 0 Å². The first-order chi connectivity index (χ1) is 16.8. The van der Waals surface area contributed by atoms with Gasteiger partial charge in [0.2, 0.25) is 5.91 Å². The number of hydrogen-bond acceptors (Lipinski definition) is 5. The van der Waals surface area contributed by atoms with Crippen molar-refractivity contribution in [2.45, 2.75) is 45.6 Å². The molecule has 9 nitrogen and oxygen atoms in total.